The monoisotopic (exact) mass is 380 g/mol. The molecule has 2 amide bonds. The van der Waals surface area contributed by atoms with E-state index in [2.05, 4.69) is 5.32 Å². The van der Waals surface area contributed by atoms with Gasteiger partial charge in [0.2, 0.25) is 11.8 Å². The van der Waals surface area contributed by atoms with E-state index in [0.29, 0.717) is 18.0 Å². The predicted octanol–water partition coefficient (Wildman–Crippen LogP) is 3.72. The molecular weight excluding hydrogens is 362 g/mol. The molecule has 0 bridgehead atoms. The first kappa shape index (κ1) is 19.8. The summed E-state index contributed by atoms with van der Waals surface area (Å²) in [5.41, 5.74) is 1.22. The fourth-order valence-electron chi connectivity index (χ4n) is 2.46. The van der Waals surface area contributed by atoms with Crippen LogP contribution in [0.1, 0.15) is 18.9 Å². The molecular formula is C19H19ClF2N2O2. The fraction of sp³-hybridized carbons (Fsp3) is 0.263. The second-order valence-electron chi connectivity index (χ2n) is 5.75. The van der Waals surface area contributed by atoms with E-state index in [4.69, 9.17) is 11.6 Å². The van der Waals surface area contributed by atoms with Crippen LogP contribution < -0.4 is 10.2 Å². The van der Waals surface area contributed by atoms with Crippen LogP contribution in [0.15, 0.2) is 42.5 Å². The Bertz CT molecular complexity index is 799. The van der Waals surface area contributed by atoms with Gasteiger partial charge in [-0.05, 0) is 36.2 Å². The first-order chi connectivity index (χ1) is 12.4. The molecule has 0 saturated carbocycles. The maximum atomic E-state index is 13.4. The SMILES string of the molecule is CC(=O)N(CCC(=O)NCCc1cccc(Cl)c1)c1ccc(F)c(F)c1. The van der Waals surface area contributed by atoms with Gasteiger partial charge in [0.05, 0.1) is 0 Å². The number of rotatable bonds is 7. The van der Waals surface area contributed by atoms with E-state index < -0.39 is 11.6 Å². The number of amides is 2. The average molecular weight is 381 g/mol. The van der Waals surface area contributed by atoms with Crippen LogP contribution in [0.4, 0.5) is 14.5 Å². The van der Waals surface area contributed by atoms with E-state index in [0.717, 1.165) is 17.7 Å². The molecule has 0 fully saturated rings. The first-order valence-corrected chi connectivity index (χ1v) is 8.49. The number of hydrogen-bond acceptors (Lipinski definition) is 2. The molecule has 4 nitrogen and oxygen atoms in total. The van der Waals surface area contributed by atoms with Crippen LogP contribution in [-0.4, -0.2) is 24.9 Å². The van der Waals surface area contributed by atoms with Crippen molar-refractivity contribution in [2.75, 3.05) is 18.0 Å². The lowest BCUT2D eigenvalue weighted by molar-refractivity contribution is -0.121. The number of benzene rings is 2. The summed E-state index contributed by atoms with van der Waals surface area (Å²) in [6, 6.07) is 10.5. The molecule has 1 N–H and O–H groups in total. The lowest BCUT2D eigenvalue weighted by Gasteiger charge is -2.21. The van der Waals surface area contributed by atoms with Gasteiger partial charge in [0, 0.05) is 43.2 Å². The van der Waals surface area contributed by atoms with Crippen LogP contribution in [0.2, 0.25) is 5.02 Å². The van der Waals surface area contributed by atoms with Gasteiger partial charge in [0.1, 0.15) is 0 Å². The lowest BCUT2D eigenvalue weighted by Crippen LogP contribution is -2.34. The van der Waals surface area contributed by atoms with Gasteiger partial charge < -0.3 is 10.2 Å². The molecule has 2 rings (SSSR count). The molecule has 0 aliphatic carbocycles. The Morgan fingerprint density at radius 1 is 1.12 bits per heavy atom. The molecule has 0 saturated heterocycles. The van der Waals surface area contributed by atoms with Crippen LogP contribution >= 0.6 is 11.6 Å². The Morgan fingerprint density at radius 2 is 1.88 bits per heavy atom. The third kappa shape index (κ3) is 5.81. The van der Waals surface area contributed by atoms with Gasteiger partial charge in [-0.25, -0.2) is 8.78 Å². The van der Waals surface area contributed by atoms with Crippen LogP contribution in [0.3, 0.4) is 0 Å². The quantitative estimate of drug-likeness (QED) is 0.795. The van der Waals surface area contributed by atoms with E-state index in [1.54, 1.807) is 6.07 Å². The van der Waals surface area contributed by atoms with Crippen LogP contribution in [-0.2, 0) is 16.0 Å². The minimum atomic E-state index is -1.04. The van der Waals surface area contributed by atoms with Gasteiger partial charge in [0.15, 0.2) is 11.6 Å². The molecule has 26 heavy (non-hydrogen) atoms. The highest BCUT2D eigenvalue weighted by molar-refractivity contribution is 6.30. The summed E-state index contributed by atoms with van der Waals surface area (Å²) >= 11 is 5.90. The second-order valence-corrected chi connectivity index (χ2v) is 6.19. The molecule has 0 radical (unpaired) electrons. The molecule has 0 heterocycles. The molecule has 2 aromatic carbocycles. The normalized spacial score (nSPS) is 10.5. The van der Waals surface area contributed by atoms with E-state index in [9.17, 15) is 18.4 Å². The zero-order valence-electron chi connectivity index (χ0n) is 14.3. The highest BCUT2D eigenvalue weighted by atomic mass is 35.5. The largest absolute Gasteiger partial charge is 0.356 e. The van der Waals surface area contributed by atoms with E-state index in [1.165, 1.54) is 17.9 Å². The van der Waals surface area contributed by atoms with E-state index >= 15 is 0 Å². The smallest absolute Gasteiger partial charge is 0.223 e. The average Bonchev–Trinajstić information content (AvgIpc) is 2.58. The van der Waals surface area contributed by atoms with Crippen molar-refractivity contribution in [2.24, 2.45) is 0 Å². The Hall–Kier alpha value is -2.47. The highest BCUT2D eigenvalue weighted by Gasteiger charge is 2.15. The molecule has 0 aromatic heterocycles. The third-order valence-electron chi connectivity index (χ3n) is 3.78. The van der Waals surface area contributed by atoms with Gasteiger partial charge >= 0.3 is 0 Å². The van der Waals surface area contributed by atoms with Crippen LogP contribution in [0, 0.1) is 11.6 Å². The predicted molar refractivity (Wildman–Crippen MR) is 97.2 cm³/mol. The van der Waals surface area contributed by atoms with Crippen LogP contribution in [0.25, 0.3) is 0 Å². The first-order valence-electron chi connectivity index (χ1n) is 8.11. The van der Waals surface area contributed by atoms with E-state index in [-0.39, 0.29) is 30.5 Å². The summed E-state index contributed by atoms with van der Waals surface area (Å²) < 4.78 is 26.4. The van der Waals surface area contributed by atoms with Gasteiger partial charge in [-0.15, -0.1) is 0 Å². The van der Waals surface area contributed by atoms with Crippen molar-refractivity contribution in [3.63, 3.8) is 0 Å². The molecule has 0 aliphatic rings. The van der Waals surface area contributed by atoms with Crippen molar-refractivity contribution >= 4 is 29.1 Å². The van der Waals surface area contributed by atoms with Gasteiger partial charge in [-0.1, -0.05) is 23.7 Å². The fourth-order valence-corrected chi connectivity index (χ4v) is 2.67. The Labute approximate surface area is 155 Å². The summed E-state index contributed by atoms with van der Waals surface area (Å²) in [7, 11) is 0. The van der Waals surface area contributed by atoms with Crippen molar-refractivity contribution in [3.8, 4) is 0 Å². The molecule has 0 spiro atoms. The number of carbonyl (C=O) groups excluding carboxylic acids is 2. The van der Waals surface area contributed by atoms with E-state index in [1.807, 2.05) is 18.2 Å². The Kier molecular flexibility index (Phi) is 7.09. The standard InChI is InChI=1S/C19H19ClF2N2O2/c1-13(25)24(16-5-6-17(21)18(22)12-16)10-8-19(26)23-9-7-14-3-2-4-15(20)11-14/h2-6,11-12H,7-10H2,1H3,(H,23,26). The molecule has 7 heteroatoms. The maximum absolute atomic E-state index is 13.4. The maximum Gasteiger partial charge on any atom is 0.223 e. The second kappa shape index (κ2) is 9.29. The van der Waals surface area contributed by atoms with Crippen molar-refractivity contribution in [2.45, 2.75) is 19.8 Å². The summed E-state index contributed by atoms with van der Waals surface area (Å²) in [5.74, 6) is -2.63. The number of halogens is 3. The number of carbonyl (C=O) groups is 2. The topological polar surface area (TPSA) is 49.4 Å². The number of hydrogen-bond donors (Lipinski definition) is 1. The van der Waals surface area contributed by atoms with Crippen molar-refractivity contribution in [1.82, 2.24) is 5.32 Å². The zero-order valence-corrected chi connectivity index (χ0v) is 15.0. The molecule has 2 aromatic rings. The molecule has 138 valence electrons. The number of anilines is 1. The van der Waals surface area contributed by atoms with Crippen molar-refractivity contribution in [3.05, 3.63) is 64.7 Å². The van der Waals surface area contributed by atoms with Crippen LogP contribution in [0.5, 0.6) is 0 Å². The van der Waals surface area contributed by atoms with Crippen molar-refractivity contribution < 1.29 is 18.4 Å². The minimum Gasteiger partial charge on any atom is -0.356 e. The molecule has 0 aliphatic heterocycles. The Balaban J connectivity index is 1.85. The number of nitrogens with one attached hydrogen (secondary N) is 1. The summed E-state index contributed by atoms with van der Waals surface area (Å²) in [6.07, 6.45) is 0.681. The van der Waals surface area contributed by atoms with Gasteiger partial charge in [-0.3, -0.25) is 9.59 Å². The van der Waals surface area contributed by atoms with Gasteiger partial charge in [0.25, 0.3) is 0 Å². The molecule has 0 atom stereocenters. The summed E-state index contributed by atoms with van der Waals surface area (Å²) in [4.78, 5) is 25.0. The third-order valence-corrected chi connectivity index (χ3v) is 4.02. The number of nitrogens with zero attached hydrogens (tertiary/aromatic N) is 1. The lowest BCUT2D eigenvalue weighted by atomic mass is 10.1. The summed E-state index contributed by atoms with van der Waals surface area (Å²) in [6.45, 7) is 1.81. The molecule has 0 unspecified atom stereocenters. The minimum absolute atomic E-state index is 0.0497. The van der Waals surface area contributed by atoms with Gasteiger partial charge in [-0.2, -0.15) is 0 Å². The van der Waals surface area contributed by atoms with Crippen molar-refractivity contribution in [1.29, 1.82) is 0 Å². The summed E-state index contributed by atoms with van der Waals surface area (Å²) in [5, 5.41) is 3.40. The highest BCUT2D eigenvalue weighted by Crippen LogP contribution is 2.18. The Morgan fingerprint density at radius 3 is 2.54 bits per heavy atom. The zero-order chi connectivity index (χ0) is 19.1.